The molecule has 0 spiro atoms. The summed E-state index contributed by atoms with van der Waals surface area (Å²) < 4.78 is 4.77. The Labute approximate surface area is 117 Å². The fourth-order valence-electron chi connectivity index (χ4n) is 2.84. The van der Waals surface area contributed by atoms with Gasteiger partial charge in [0.15, 0.2) is 0 Å². The molecule has 2 atom stereocenters. The second-order valence-electron chi connectivity index (χ2n) is 4.94. The highest BCUT2D eigenvalue weighted by atomic mass is 16.5. The Bertz CT molecular complexity index is 468. The van der Waals surface area contributed by atoms with E-state index in [1.807, 2.05) is 6.08 Å². The van der Waals surface area contributed by atoms with Gasteiger partial charge in [0.05, 0.1) is 25.2 Å². The number of amides is 1. The number of hydrogen-bond donors (Lipinski definition) is 2. The van der Waals surface area contributed by atoms with E-state index in [2.05, 4.69) is 0 Å². The lowest BCUT2D eigenvalue weighted by atomic mass is 9.82. The molecule has 0 aromatic carbocycles. The Morgan fingerprint density at radius 3 is 2.85 bits per heavy atom. The van der Waals surface area contributed by atoms with E-state index in [0.29, 0.717) is 30.5 Å². The van der Waals surface area contributed by atoms with Gasteiger partial charge in [0.1, 0.15) is 0 Å². The van der Waals surface area contributed by atoms with Crippen LogP contribution in [-0.2, 0) is 14.3 Å². The maximum atomic E-state index is 12.4. The molecule has 0 aromatic heterocycles. The number of rotatable bonds is 5. The van der Waals surface area contributed by atoms with E-state index in [-0.39, 0.29) is 25.0 Å². The topological polar surface area (TPSA) is 87.1 Å². The number of aliphatic hydroxyl groups is 2. The Hall–Kier alpha value is -1.66. The first-order valence-electron chi connectivity index (χ1n) is 6.65. The fraction of sp³-hybridized carbons (Fsp3) is 0.571. The van der Waals surface area contributed by atoms with Crippen LogP contribution in [0.15, 0.2) is 23.4 Å². The van der Waals surface area contributed by atoms with Gasteiger partial charge in [-0.15, -0.1) is 0 Å². The molecule has 1 amide bonds. The van der Waals surface area contributed by atoms with Gasteiger partial charge >= 0.3 is 5.97 Å². The number of nitrogens with zero attached hydrogens (tertiary/aromatic N) is 1. The number of carbonyl (C=O) groups is 2. The van der Waals surface area contributed by atoms with Crippen LogP contribution in [0.3, 0.4) is 0 Å². The summed E-state index contributed by atoms with van der Waals surface area (Å²) in [6, 6.07) is 0. The first-order valence-corrected chi connectivity index (χ1v) is 6.65. The number of aliphatic hydroxyl groups excluding tert-OH is 2. The van der Waals surface area contributed by atoms with Crippen molar-refractivity contribution in [2.45, 2.75) is 12.8 Å². The highest BCUT2D eigenvalue weighted by Crippen LogP contribution is 2.41. The number of hydrogen-bond acceptors (Lipinski definition) is 5. The molecule has 1 aliphatic carbocycles. The molecule has 2 rings (SSSR count). The van der Waals surface area contributed by atoms with Crippen molar-refractivity contribution in [2.75, 3.05) is 26.9 Å². The monoisotopic (exact) mass is 281 g/mol. The molecular weight excluding hydrogens is 262 g/mol. The summed E-state index contributed by atoms with van der Waals surface area (Å²) >= 11 is 0. The molecule has 1 heterocycles. The number of ether oxygens (including phenoxy) is 1. The zero-order valence-corrected chi connectivity index (χ0v) is 11.4. The van der Waals surface area contributed by atoms with E-state index in [1.54, 1.807) is 0 Å². The Kier molecular flexibility index (Phi) is 4.57. The highest BCUT2D eigenvalue weighted by Gasteiger charge is 2.44. The van der Waals surface area contributed by atoms with E-state index < -0.39 is 11.9 Å². The van der Waals surface area contributed by atoms with Crippen molar-refractivity contribution < 1.29 is 24.5 Å². The molecule has 0 saturated heterocycles. The van der Waals surface area contributed by atoms with E-state index in [0.717, 1.165) is 0 Å². The molecule has 0 bridgehead atoms. The summed E-state index contributed by atoms with van der Waals surface area (Å²) in [6.07, 6.45) is 4.34. The lowest BCUT2D eigenvalue weighted by Crippen LogP contribution is -2.43. The second kappa shape index (κ2) is 6.19. The average molecular weight is 281 g/mol. The summed E-state index contributed by atoms with van der Waals surface area (Å²) in [4.78, 5) is 25.7. The van der Waals surface area contributed by atoms with Gasteiger partial charge < -0.3 is 19.8 Å². The molecule has 0 unspecified atom stereocenters. The zero-order chi connectivity index (χ0) is 14.7. The molecule has 1 aliphatic heterocycles. The number of fused-ring (bicyclic) bond motifs is 1. The van der Waals surface area contributed by atoms with Crippen molar-refractivity contribution >= 4 is 11.9 Å². The van der Waals surface area contributed by atoms with Crippen LogP contribution >= 0.6 is 0 Å². The standard InChI is InChI=1S/C14H19NO5/c1-20-14(19)11-7-15(5-2-6-16)13(18)12-9(8-17)3-4-10(11)12/h3,7,10,12,16-17H,2,4-6,8H2,1H3/t10-,12-/m1/s1. The minimum atomic E-state index is -0.488. The van der Waals surface area contributed by atoms with Crippen LogP contribution in [0.25, 0.3) is 0 Å². The van der Waals surface area contributed by atoms with Crippen molar-refractivity contribution in [2.24, 2.45) is 11.8 Å². The number of allylic oxidation sites excluding steroid dienone is 1. The average Bonchev–Trinajstić information content (AvgIpc) is 2.90. The molecule has 6 heteroatoms. The maximum absolute atomic E-state index is 12.4. The lowest BCUT2D eigenvalue weighted by molar-refractivity contribution is -0.139. The van der Waals surface area contributed by atoms with Crippen LogP contribution in [0.5, 0.6) is 0 Å². The van der Waals surface area contributed by atoms with Crippen LogP contribution in [-0.4, -0.2) is 53.9 Å². The summed E-state index contributed by atoms with van der Waals surface area (Å²) in [5.41, 5.74) is 1.11. The Balaban J connectivity index is 2.32. The summed E-state index contributed by atoms with van der Waals surface area (Å²) in [7, 11) is 1.31. The quantitative estimate of drug-likeness (QED) is 0.539. The van der Waals surface area contributed by atoms with Gasteiger partial charge in [-0.1, -0.05) is 6.08 Å². The predicted octanol–water partition coefficient (Wildman–Crippen LogP) is -0.177. The third-order valence-corrected chi connectivity index (χ3v) is 3.84. The van der Waals surface area contributed by atoms with Gasteiger partial charge in [-0.2, -0.15) is 0 Å². The summed E-state index contributed by atoms with van der Waals surface area (Å²) in [6.45, 7) is 0.134. The van der Waals surface area contributed by atoms with Gasteiger partial charge in [-0.25, -0.2) is 4.79 Å². The van der Waals surface area contributed by atoms with Crippen molar-refractivity contribution in [3.63, 3.8) is 0 Å². The number of methoxy groups -OCH3 is 1. The predicted molar refractivity (Wildman–Crippen MR) is 70.3 cm³/mol. The second-order valence-corrected chi connectivity index (χ2v) is 4.94. The molecule has 110 valence electrons. The van der Waals surface area contributed by atoms with Crippen molar-refractivity contribution in [3.05, 3.63) is 23.4 Å². The van der Waals surface area contributed by atoms with Crippen LogP contribution < -0.4 is 0 Å². The molecule has 2 aliphatic rings. The maximum Gasteiger partial charge on any atom is 0.335 e. The van der Waals surface area contributed by atoms with Crippen molar-refractivity contribution in [3.8, 4) is 0 Å². The highest BCUT2D eigenvalue weighted by molar-refractivity contribution is 5.95. The Morgan fingerprint density at radius 2 is 2.25 bits per heavy atom. The molecule has 0 radical (unpaired) electrons. The van der Waals surface area contributed by atoms with Crippen LogP contribution in [0, 0.1) is 11.8 Å². The van der Waals surface area contributed by atoms with Gasteiger partial charge in [0, 0.05) is 25.3 Å². The molecule has 0 fully saturated rings. The normalized spacial score (nSPS) is 25.1. The SMILES string of the molecule is COC(=O)C1=CN(CCCO)C(=O)[C@@H]2C(CO)=CC[C@H]12. The van der Waals surface area contributed by atoms with Gasteiger partial charge in [-0.3, -0.25) is 4.79 Å². The molecule has 20 heavy (non-hydrogen) atoms. The smallest absolute Gasteiger partial charge is 0.335 e. The number of carbonyl (C=O) groups excluding carboxylic acids is 2. The van der Waals surface area contributed by atoms with Crippen molar-refractivity contribution in [1.82, 2.24) is 4.90 Å². The molecule has 0 aromatic rings. The fourth-order valence-corrected chi connectivity index (χ4v) is 2.84. The largest absolute Gasteiger partial charge is 0.466 e. The molecule has 6 nitrogen and oxygen atoms in total. The van der Waals surface area contributed by atoms with Crippen LogP contribution in [0.1, 0.15) is 12.8 Å². The minimum Gasteiger partial charge on any atom is -0.466 e. The molecular formula is C14H19NO5. The van der Waals surface area contributed by atoms with Crippen LogP contribution in [0.2, 0.25) is 0 Å². The Morgan fingerprint density at radius 1 is 1.50 bits per heavy atom. The van der Waals surface area contributed by atoms with E-state index in [4.69, 9.17) is 9.84 Å². The lowest BCUT2D eigenvalue weighted by Gasteiger charge is -2.33. The van der Waals surface area contributed by atoms with E-state index in [9.17, 15) is 14.7 Å². The summed E-state index contributed by atoms with van der Waals surface area (Å²) in [5, 5.41) is 18.2. The first-order chi connectivity index (χ1) is 9.63. The van der Waals surface area contributed by atoms with Gasteiger partial charge in [-0.05, 0) is 18.4 Å². The summed E-state index contributed by atoms with van der Waals surface area (Å²) in [5.74, 6) is -1.32. The third kappa shape index (κ3) is 2.48. The minimum absolute atomic E-state index is 0.0258. The van der Waals surface area contributed by atoms with Gasteiger partial charge in [0.25, 0.3) is 0 Å². The van der Waals surface area contributed by atoms with E-state index in [1.165, 1.54) is 18.2 Å². The van der Waals surface area contributed by atoms with E-state index >= 15 is 0 Å². The molecule has 0 saturated carbocycles. The van der Waals surface area contributed by atoms with Crippen molar-refractivity contribution in [1.29, 1.82) is 0 Å². The molecule has 2 N–H and O–H groups in total. The third-order valence-electron chi connectivity index (χ3n) is 3.84. The number of esters is 1. The van der Waals surface area contributed by atoms with Crippen LogP contribution in [0.4, 0.5) is 0 Å². The first kappa shape index (κ1) is 14.7. The van der Waals surface area contributed by atoms with Gasteiger partial charge in [0.2, 0.25) is 5.91 Å². The zero-order valence-electron chi connectivity index (χ0n) is 11.4.